The maximum atomic E-state index is 13.2. The number of aromatic nitrogens is 3. The summed E-state index contributed by atoms with van der Waals surface area (Å²) < 4.78 is 3.57. The molecule has 4 heterocycles. The van der Waals surface area contributed by atoms with Crippen LogP contribution >= 0.6 is 0 Å². The van der Waals surface area contributed by atoms with Crippen molar-refractivity contribution < 1.29 is 4.79 Å². The molecule has 29 heavy (non-hydrogen) atoms. The minimum atomic E-state index is -0.0363. The van der Waals surface area contributed by atoms with Crippen molar-refractivity contribution in [2.45, 2.75) is 20.4 Å². The van der Waals surface area contributed by atoms with Gasteiger partial charge in [0.25, 0.3) is 11.5 Å². The van der Waals surface area contributed by atoms with Crippen LogP contribution in [0.2, 0.25) is 0 Å². The van der Waals surface area contributed by atoms with Gasteiger partial charge in [-0.05, 0) is 30.2 Å². The smallest absolute Gasteiger partial charge is 0.270 e. The van der Waals surface area contributed by atoms with Crippen molar-refractivity contribution in [3.05, 3.63) is 58.8 Å². The molecule has 0 aliphatic carbocycles. The summed E-state index contributed by atoms with van der Waals surface area (Å²) in [6.07, 6.45) is 3.61. The molecule has 0 aromatic carbocycles. The van der Waals surface area contributed by atoms with Crippen LogP contribution in [-0.2, 0) is 13.6 Å². The summed E-state index contributed by atoms with van der Waals surface area (Å²) in [5.41, 5.74) is 1.32. The lowest BCUT2D eigenvalue weighted by Crippen LogP contribution is -2.49. The van der Waals surface area contributed by atoms with Crippen LogP contribution in [0.1, 0.15) is 24.3 Å². The number of aryl methyl sites for hydroxylation is 1. The molecule has 0 radical (unpaired) electrons. The fraction of sp³-hybridized carbons (Fsp3) is 0.409. The summed E-state index contributed by atoms with van der Waals surface area (Å²) >= 11 is 0. The molecule has 1 fully saturated rings. The molecule has 3 aromatic rings. The van der Waals surface area contributed by atoms with Gasteiger partial charge in [-0.3, -0.25) is 9.59 Å². The quantitative estimate of drug-likeness (QED) is 0.683. The van der Waals surface area contributed by atoms with Crippen LogP contribution in [0.15, 0.2) is 47.5 Å². The molecule has 4 rings (SSSR count). The number of amides is 1. The summed E-state index contributed by atoms with van der Waals surface area (Å²) in [4.78, 5) is 34.5. The van der Waals surface area contributed by atoms with Gasteiger partial charge in [0.2, 0.25) is 0 Å². The minimum Gasteiger partial charge on any atom is -0.353 e. The van der Waals surface area contributed by atoms with Crippen LogP contribution in [0.4, 0.5) is 5.82 Å². The summed E-state index contributed by atoms with van der Waals surface area (Å²) in [6, 6.07) is 9.54. The highest BCUT2D eigenvalue weighted by atomic mass is 16.2. The number of rotatable bonds is 4. The van der Waals surface area contributed by atoms with Gasteiger partial charge in [-0.25, -0.2) is 4.98 Å². The number of piperazine rings is 1. The second-order valence-corrected chi connectivity index (χ2v) is 8.02. The van der Waals surface area contributed by atoms with E-state index in [9.17, 15) is 9.59 Å². The lowest BCUT2D eigenvalue weighted by atomic mass is 10.2. The Balaban J connectivity index is 1.55. The van der Waals surface area contributed by atoms with Crippen molar-refractivity contribution >= 4 is 22.6 Å². The molecule has 0 saturated carbocycles. The molecular weight excluding hydrogens is 366 g/mol. The van der Waals surface area contributed by atoms with Gasteiger partial charge in [0, 0.05) is 52.2 Å². The SMILES string of the molecule is CC(C)Cn1ccc2c(cc(C(=O)N3CCN(c4ccccn4)CC3)n2C)c1=O. The number of pyridine rings is 2. The Kier molecular flexibility index (Phi) is 5.13. The molecule has 0 N–H and O–H groups in total. The maximum Gasteiger partial charge on any atom is 0.270 e. The first kappa shape index (κ1) is 19.2. The van der Waals surface area contributed by atoms with E-state index in [1.807, 2.05) is 47.0 Å². The third kappa shape index (κ3) is 3.64. The Labute approximate surface area is 170 Å². The molecule has 1 saturated heterocycles. The van der Waals surface area contributed by atoms with E-state index in [0.29, 0.717) is 36.6 Å². The van der Waals surface area contributed by atoms with E-state index in [1.54, 1.807) is 16.8 Å². The zero-order chi connectivity index (χ0) is 20.5. The monoisotopic (exact) mass is 393 g/mol. The molecule has 152 valence electrons. The Morgan fingerprint density at radius 1 is 1.14 bits per heavy atom. The van der Waals surface area contributed by atoms with Crippen LogP contribution in [0.25, 0.3) is 10.9 Å². The van der Waals surface area contributed by atoms with Crippen LogP contribution in [0.5, 0.6) is 0 Å². The van der Waals surface area contributed by atoms with E-state index in [2.05, 4.69) is 23.7 Å². The van der Waals surface area contributed by atoms with E-state index in [1.165, 1.54) is 0 Å². The van der Waals surface area contributed by atoms with Gasteiger partial charge in [0.1, 0.15) is 11.5 Å². The number of nitrogens with zero attached hydrogens (tertiary/aromatic N) is 5. The topological polar surface area (TPSA) is 63.4 Å². The van der Waals surface area contributed by atoms with Gasteiger partial charge < -0.3 is 18.9 Å². The van der Waals surface area contributed by atoms with Crippen LogP contribution in [0.3, 0.4) is 0 Å². The second kappa shape index (κ2) is 7.73. The molecule has 3 aromatic heterocycles. The normalized spacial score (nSPS) is 14.8. The Hall–Kier alpha value is -3.09. The lowest BCUT2D eigenvalue weighted by molar-refractivity contribution is 0.0737. The largest absolute Gasteiger partial charge is 0.353 e. The molecule has 1 aliphatic rings. The summed E-state index contributed by atoms with van der Waals surface area (Å²) in [7, 11) is 1.85. The van der Waals surface area contributed by atoms with Gasteiger partial charge in [-0.1, -0.05) is 19.9 Å². The van der Waals surface area contributed by atoms with Gasteiger partial charge in [-0.2, -0.15) is 0 Å². The molecule has 1 aliphatic heterocycles. The van der Waals surface area contributed by atoms with Crippen molar-refractivity contribution in [3.63, 3.8) is 0 Å². The van der Waals surface area contributed by atoms with E-state index >= 15 is 0 Å². The number of carbonyl (C=O) groups is 1. The second-order valence-electron chi connectivity index (χ2n) is 8.02. The fourth-order valence-corrected chi connectivity index (χ4v) is 3.96. The number of hydrogen-bond acceptors (Lipinski definition) is 4. The van der Waals surface area contributed by atoms with Crippen molar-refractivity contribution in [2.24, 2.45) is 13.0 Å². The van der Waals surface area contributed by atoms with E-state index in [-0.39, 0.29) is 11.5 Å². The van der Waals surface area contributed by atoms with Crippen LogP contribution in [0, 0.1) is 5.92 Å². The summed E-state index contributed by atoms with van der Waals surface area (Å²) in [6.45, 7) is 7.59. The van der Waals surface area contributed by atoms with E-state index in [4.69, 9.17) is 0 Å². The van der Waals surface area contributed by atoms with Crippen molar-refractivity contribution in [1.29, 1.82) is 0 Å². The first-order valence-electron chi connectivity index (χ1n) is 10.1. The highest BCUT2D eigenvalue weighted by Gasteiger charge is 2.25. The predicted molar refractivity (Wildman–Crippen MR) is 114 cm³/mol. The number of carbonyl (C=O) groups excluding carboxylic acids is 1. The number of hydrogen-bond donors (Lipinski definition) is 0. The average molecular weight is 393 g/mol. The number of fused-ring (bicyclic) bond motifs is 1. The van der Waals surface area contributed by atoms with Crippen molar-refractivity contribution in [3.8, 4) is 0 Å². The lowest BCUT2D eigenvalue weighted by Gasteiger charge is -2.35. The fourth-order valence-electron chi connectivity index (χ4n) is 3.96. The van der Waals surface area contributed by atoms with Gasteiger partial charge in [0.05, 0.1) is 10.9 Å². The molecule has 0 spiro atoms. The molecule has 7 heteroatoms. The third-order valence-electron chi connectivity index (χ3n) is 5.50. The molecular formula is C22H27N5O2. The predicted octanol–water partition coefficient (Wildman–Crippen LogP) is 2.35. The Bertz CT molecular complexity index is 1080. The maximum absolute atomic E-state index is 13.2. The summed E-state index contributed by atoms with van der Waals surface area (Å²) in [5.74, 6) is 1.29. The van der Waals surface area contributed by atoms with Gasteiger partial charge in [0.15, 0.2) is 0 Å². The zero-order valence-electron chi connectivity index (χ0n) is 17.2. The average Bonchev–Trinajstić information content (AvgIpc) is 3.07. The molecule has 7 nitrogen and oxygen atoms in total. The molecule has 0 atom stereocenters. The van der Waals surface area contributed by atoms with Gasteiger partial charge in [-0.15, -0.1) is 0 Å². The zero-order valence-corrected chi connectivity index (χ0v) is 17.2. The van der Waals surface area contributed by atoms with Gasteiger partial charge >= 0.3 is 0 Å². The molecule has 1 amide bonds. The minimum absolute atomic E-state index is 0.0285. The van der Waals surface area contributed by atoms with Crippen LogP contribution < -0.4 is 10.5 Å². The van der Waals surface area contributed by atoms with Crippen molar-refractivity contribution in [2.75, 3.05) is 31.1 Å². The molecule has 0 bridgehead atoms. The first-order chi connectivity index (χ1) is 14.0. The number of anilines is 1. The first-order valence-corrected chi connectivity index (χ1v) is 10.1. The van der Waals surface area contributed by atoms with E-state index < -0.39 is 0 Å². The third-order valence-corrected chi connectivity index (χ3v) is 5.50. The standard InChI is InChI=1S/C22H27N5O2/c1-16(2)15-27-9-7-18-17(21(27)28)14-19(24(18)3)22(29)26-12-10-25(11-13-26)20-6-4-5-8-23-20/h4-9,14,16H,10-13,15H2,1-3H3. The highest BCUT2D eigenvalue weighted by Crippen LogP contribution is 2.19. The van der Waals surface area contributed by atoms with Crippen LogP contribution in [-0.4, -0.2) is 51.1 Å². The van der Waals surface area contributed by atoms with E-state index in [0.717, 1.165) is 24.4 Å². The molecule has 0 unspecified atom stereocenters. The van der Waals surface area contributed by atoms with Crippen molar-refractivity contribution in [1.82, 2.24) is 19.0 Å². The highest BCUT2D eigenvalue weighted by molar-refractivity contribution is 5.98. The summed E-state index contributed by atoms with van der Waals surface area (Å²) in [5, 5.41) is 0.603. The Morgan fingerprint density at radius 2 is 1.90 bits per heavy atom. The Morgan fingerprint density at radius 3 is 2.55 bits per heavy atom.